The number of carbonyl (C=O) groups excluding carboxylic acids is 1. The zero-order chi connectivity index (χ0) is 12.6. The minimum absolute atomic E-state index is 0.0350. The maximum Gasteiger partial charge on any atom is 0.234 e. The molecule has 17 heavy (non-hydrogen) atoms. The van der Waals surface area contributed by atoms with Gasteiger partial charge in [0.1, 0.15) is 5.60 Å². The van der Waals surface area contributed by atoms with Gasteiger partial charge in [-0.1, -0.05) is 0 Å². The minimum Gasteiger partial charge on any atom is -0.383 e. The van der Waals surface area contributed by atoms with Crippen LogP contribution < -0.4 is 10.6 Å². The van der Waals surface area contributed by atoms with Gasteiger partial charge in [0, 0.05) is 40.3 Å². The van der Waals surface area contributed by atoms with E-state index < -0.39 is 0 Å². The first-order chi connectivity index (χ1) is 8.22. The lowest BCUT2D eigenvalue weighted by atomic mass is 10.0. The zero-order valence-electron chi connectivity index (χ0n) is 10.6. The highest BCUT2D eigenvalue weighted by atomic mass is 16.5. The first-order valence-electron chi connectivity index (χ1n) is 5.82. The van der Waals surface area contributed by atoms with E-state index in [9.17, 15) is 4.79 Å². The maximum absolute atomic E-state index is 11.4. The average Bonchev–Trinajstić information content (AvgIpc) is 2.79. The second kappa shape index (κ2) is 7.60. The second-order valence-corrected chi connectivity index (χ2v) is 4.14. The fourth-order valence-electron chi connectivity index (χ4n) is 1.72. The zero-order valence-corrected chi connectivity index (χ0v) is 10.6. The Bertz CT molecular complexity index is 230. The summed E-state index contributed by atoms with van der Waals surface area (Å²) in [6, 6.07) is 0. The molecular formula is C11H22N2O4. The van der Waals surface area contributed by atoms with Crippen molar-refractivity contribution >= 4 is 5.91 Å². The van der Waals surface area contributed by atoms with Crippen LogP contribution in [0.5, 0.6) is 0 Å². The number of methoxy groups -OCH3 is 2. The van der Waals surface area contributed by atoms with Crippen LogP contribution in [0.3, 0.4) is 0 Å². The summed E-state index contributed by atoms with van der Waals surface area (Å²) in [5.74, 6) is -0.0350. The highest BCUT2D eigenvalue weighted by molar-refractivity contribution is 5.77. The van der Waals surface area contributed by atoms with Gasteiger partial charge in [-0.3, -0.25) is 4.79 Å². The molecule has 0 bridgehead atoms. The molecule has 1 saturated heterocycles. The number of amides is 1. The largest absolute Gasteiger partial charge is 0.383 e. The first kappa shape index (κ1) is 14.4. The molecule has 6 heteroatoms. The standard InChI is InChI=1S/C11H22N2O4/c1-15-6-4-13-10(14)7-12-8-11(16-2)3-5-17-9-11/h12H,3-9H2,1-2H3,(H,13,14). The van der Waals surface area contributed by atoms with E-state index in [1.54, 1.807) is 14.2 Å². The third kappa shape index (κ3) is 4.99. The number of hydrogen-bond donors (Lipinski definition) is 2. The topological polar surface area (TPSA) is 68.8 Å². The molecule has 0 radical (unpaired) electrons. The van der Waals surface area contributed by atoms with E-state index in [0.717, 1.165) is 13.0 Å². The molecule has 1 heterocycles. The summed E-state index contributed by atoms with van der Waals surface area (Å²) in [6.45, 7) is 3.28. The van der Waals surface area contributed by atoms with E-state index in [2.05, 4.69) is 10.6 Å². The molecule has 1 aliphatic heterocycles. The van der Waals surface area contributed by atoms with Crippen molar-refractivity contribution in [3.63, 3.8) is 0 Å². The van der Waals surface area contributed by atoms with Crippen molar-refractivity contribution in [1.82, 2.24) is 10.6 Å². The molecule has 1 amide bonds. The Morgan fingerprint density at radius 1 is 1.47 bits per heavy atom. The average molecular weight is 246 g/mol. The molecule has 1 fully saturated rings. The molecule has 1 atom stereocenters. The van der Waals surface area contributed by atoms with Gasteiger partial charge >= 0.3 is 0 Å². The van der Waals surface area contributed by atoms with Crippen molar-refractivity contribution < 1.29 is 19.0 Å². The van der Waals surface area contributed by atoms with Crippen molar-refractivity contribution in [2.24, 2.45) is 0 Å². The molecule has 0 aromatic carbocycles. The van der Waals surface area contributed by atoms with Gasteiger partial charge in [0.05, 0.1) is 19.8 Å². The summed E-state index contributed by atoms with van der Waals surface area (Å²) in [5, 5.41) is 5.83. The fourth-order valence-corrected chi connectivity index (χ4v) is 1.72. The molecule has 0 aromatic heterocycles. The molecule has 6 nitrogen and oxygen atoms in total. The summed E-state index contributed by atoms with van der Waals surface area (Å²) >= 11 is 0. The fraction of sp³-hybridized carbons (Fsp3) is 0.909. The predicted molar refractivity (Wildman–Crippen MR) is 62.9 cm³/mol. The van der Waals surface area contributed by atoms with Crippen LogP contribution in [0.1, 0.15) is 6.42 Å². The number of carbonyl (C=O) groups is 1. The van der Waals surface area contributed by atoms with Crippen molar-refractivity contribution in [2.45, 2.75) is 12.0 Å². The summed E-state index contributed by atoms with van der Waals surface area (Å²) in [5.41, 5.74) is -0.271. The van der Waals surface area contributed by atoms with Crippen LogP contribution in [0.2, 0.25) is 0 Å². The molecular weight excluding hydrogens is 224 g/mol. The summed E-state index contributed by atoms with van der Waals surface area (Å²) in [7, 11) is 3.28. The van der Waals surface area contributed by atoms with Crippen LogP contribution in [0, 0.1) is 0 Å². The number of ether oxygens (including phenoxy) is 3. The Hall–Kier alpha value is -0.690. The Morgan fingerprint density at radius 3 is 2.88 bits per heavy atom. The monoisotopic (exact) mass is 246 g/mol. The lowest BCUT2D eigenvalue weighted by Crippen LogP contribution is -2.46. The third-order valence-electron chi connectivity index (χ3n) is 2.86. The third-order valence-corrected chi connectivity index (χ3v) is 2.86. The van der Waals surface area contributed by atoms with Crippen molar-refractivity contribution in [2.75, 3.05) is 53.7 Å². The first-order valence-corrected chi connectivity index (χ1v) is 5.82. The van der Waals surface area contributed by atoms with Gasteiger partial charge in [-0.05, 0) is 0 Å². The number of hydrogen-bond acceptors (Lipinski definition) is 5. The molecule has 0 aliphatic carbocycles. The van der Waals surface area contributed by atoms with Crippen molar-refractivity contribution in [3.8, 4) is 0 Å². The lowest BCUT2D eigenvalue weighted by molar-refractivity contribution is -0.120. The van der Waals surface area contributed by atoms with Crippen LogP contribution in [-0.2, 0) is 19.0 Å². The van der Waals surface area contributed by atoms with E-state index in [-0.39, 0.29) is 18.1 Å². The molecule has 1 aliphatic rings. The molecule has 0 saturated carbocycles. The Kier molecular flexibility index (Phi) is 6.43. The molecule has 0 aromatic rings. The molecule has 100 valence electrons. The highest BCUT2D eigenvalue weighted by Crippen LogP contribution is 2.21. The predicted octanol–water partition coefficient (Wildman–Crippen LogP) is -0.856. The Balaban J connectivity index is 2.11. The molecule has 1 rings (SSSR count). The van der Waals surface area contributed by atoms with E-state index in [1.807, 2.05) is 0 Å². The van der Waals surface area contributed by atoms with Gasteiger partial charge in [-0.2, -0.15) is 0 Å². The highest BCUT2D eigenvalue weighted by Gasteiger charge is 2.34. The number of nitrogens with one attached hydrogen (secondary N) is 2. The van der Waals surface area contributed by atoms with Gasteiger partial charge in [0.25, 0.3) is 0 Å². The number of rotatable bonds is 8. The molecule has 0 spiro atoms. The van der Waals surface area contributed by atoms with Crippen LogP contribution in [0.4, 0.5) is 0 Å². The quantitative estimate of drug-likeness (QED) is 0.546. The summed E-state index contributed by atoms with van der Waals surface area (Å²) in [4.78, 5) is 11.4. The van der Waals surface area contributed by atoms with Gasteiger partial charge in [-0.25, -0.2) is 0 Å². The van der Waals surface area contributed by atoms with Gasteiger partial charge in [0.2, 0.25) is 5.91 Å². The van der Waals surface area contributed by atoms with E-state index in [1.165, 1.54) is 0 Å². The van der Waals surface area contributed by atoms with Crippen LogP contribution in [0.25, 0.3) is 0 Å². The smallest absolute Gasteiger partial charge is 0.234 e. The van der Waals surface area contributed by atoms with Crippen molar-refractivity contribution in [1.29, 1.82) is 0 Å². The normalized spacial score (nSPS) is 23.9. The van der Waals surface area contributed by atoms with Gasteiger partial charge in [0.15, 0.2) is 0 Å². The van der Waals surface area contributed by atoms with Gasteiger partial charge in [-0.15, -0.1) is 0 Å². The minimum atomic E-state index is -0.271. The maximum atomic E-state index is 11.4. The SMILES string of the molecule is COCCNC(=O)CNCC1(OC)CCOC1. The Labute approximate surface area is 102 Å². The van der Waals surface area contributed by atoms with Crippen LogP contribution in [0.15, 0.2) is 0 Å². The molecule has 2 N–H and O–H groups in total. The second-order valence-electron chi connectivity index (χ2n) is 4.14. The van der Waals surface area contributed by atoms with Crippen LogP contribution in [-0.4, -0.2) is 65.2 Å². The molecule has 1 unspecified atom stereocenters. The van der Waals surface area contributed by atoms with E-state index in [0.29, 0.717) is 26.3 Å². The Morgan fingerprint density at radius 2 is 2.29 bits per heavy atom. The van der Waals surface area contributed by atoms with Gasteiger partial charge < -0.3 is 24.8 Å². The lowest BCUT2D eigenvalue weighted by Gasteiger charge is -2.25. The summed E-state index contributed by atoms with van der Waals surface area (Å²) in [6.07, 6.45) is 0.863. The van der Waals surface area contributed by atoms with E-state index >= 15 is 0 Å². The van der Waals surface area contributed by atoms with E-state index in [4.69, 9.17) is 14.2 Å². The van der Waals surface area contributed by atoms with Crippen LogP contribution >= 0.6 is 0 Å². The van der Waals surface area contributed by atoms with Crippen molar-refractivity contribution in [3.05, 3.63) is 0 Å². The summed E-state index contributed by atoms with van der Waals surface area (Å²) < 4.78 is 15.6.